The lowest BCUT2D eigenvalue weighted by atomic mass is 10.1. The van der Waals surface area contributed by atoms with Crippen molar-refractivity contribution in [1.29, 1.82) is 0 Å². The molecule has 0 spiro atoms. The predicted molar refractivity (Wildman–Crippen MR) is 63.3 cm³/mol. The Kier molecular flexibility index (Phi) is 2.48. The number of pyridine rings is 1. The maximum atomic E-state index is 11.4. The smallest absolute Gasteiger partial charge is 0.356 e. The van der Waals surface area contributed by atoms with E-state index < -0.39 is 0 Å². The Balaban J connectivity index is 1.94. The monoisotopic (exact) mass is 233 g/mol. The summed E-state index contributed by atoms with van der Waals surface area (Å²) < 4.78 is 4.69. The summed E-state index contributed by atoms with van der Waals surface area (Å²) in [7, 11) is 1.38. The van der Waals surface area contributed by atoms with Crippen molar-refractivity contribution in [3.63, 3.8) is 0 Å². The molecule has 1 atom stereocenters. The molecular weight excluding hydrogens is 218 g/mol. The molecule has 1 fully saturated rings. The van der Waals surface area contributed by atoms with Crippen LogP contribution in [0.1, 0.15) is 16.1 Å². The molecule has 1 aromatic rings. The van der Waals surface area contributed by atoms with Gasteiger partial charge in [-0.3, -0.25) is 0 Å². The molecule has 1 saturated heterocycles. The van der Waals surface area contributed by atoms with Gasteiger partial charge < -0.3 is 15.0 Å². The van der Waals surface area contributed by atoms with Gasteiger partial charge in [-0.2, -0.15) is 0 Å². The standard InChI is InChI=1S/C12H15N3O2/c1-17-12(16)10-5-8-4-9-6-13-2-3-15(9)11(8)7-14-10/h5,7,9,13H,2-4,6H2,1H3. The van der Waals surface area contributed by atoms with Crippen LogP contribution in [-0.4, -0.2) is 43.7 Å². The van der Waals surface area contributed by atoms with Crippen molar-refractivity contribution in [2.24, 2.45) is 0 Å². The van der Waals surface area contributed by atoms with E-state index in [0.717, 1.165) is 26.1 Å². The molecule has 0 radical (unpaired) electrons. The number of fused-ring (bicyclic) bond motifs is 3. The van der Waals surface area contributed by atoms with Crippen molar-refractivity contribution >= 4 is 11.7 Å². The maximum absolute atomic E-state index is 11.4. The maximum Gasteiger partial charge on any atom is 0.356 e. The minimum absolute atomic E-state index is 0.365. The fraction of sp³-hybridized carbons (Fsp3) is 0.500. The number of esters is 1. The van der Waals surface area contributed by atoms with Crippen molar-refractivity contribution < 1.29 is 9.53 Å². The SMILES string of the molecule is COC(=O)c1cc2c(cn1)N1CCNCC1C2. The van der Waals surface area contributed by atoms with Gasteiger partial charge in [-0.05, 0) is 18.1 Å². The lowest BCUT2D eigenvalue weighted by Gasteiger charge is -2.32. The highest BCUT2D eigenvalue weighted by Gasteiger charge is 2.31. The predicted octanol–water partition coefficient (Wildman–Crippen LogP) is 0.202. The zero-order chi connectivity index (χ0) is 11.8. The topological polar surface area (TPSA) is 54.5 Å². The summed E-state index contributed by atoms with van der Waals surface area (Å²) in [5, 5.41) is 3.39. The zero-order valence-corrected chi connectivity index (χ0v) is 9.77. The van der Waals surface area contributed by atoms with Crippen molar-refractivity contribution in [3.8, 4) is 0 Å². The molecule has 90 valence electrons. The molecule has 0 saturated carbocycles. The van der Waals surface area contributed by atoms with Gasteiger partial charge in [0.15, 0.2) is 0 Å². The first-order chi connectivity index (χ1) is 8.29. The highest BCUT2D eigenvalue weighted by atomic mass is 16.5. The number of nitrogens with one attached hydrogen (secondary N) is 1. The molecule has 0 aliphatic carbocycles. The van der Waals surface area contributed by atoms with Gasteiger partial charge in [-0.25, -0.2) is 9.78 Å². The molecule has 1 N–H and O–H groups in total. The molecule has 3 heterocycles. The zero-order valence-electron chi connectivity index (χ0n) is 9.77. The summed E-state index contributed by atoms with van der Waals surface area (Å²) in [4.78, 5) is 18.0. The van der Waals surface area contributed by atoms with Crippen LogP contribution in [-0.2, 0) is 11.2 Å². The third-order valence-electron chi connectivity index (χ3n) is 3.48. The number of aromatic nitrogens is 1. The Bertz CT molecular complexity index is 461. The van der Waals surface area contributed by atoms with Crippen LogP contribution in [0.4, 0.5) is 5.69 Å². The van der Waals surface area contributed by atoms with Crippen LogP contribution in [0.15, 0.2) is 12.3 Å². The average molecular weight is 233 g/mol. The second-order valence-corrected chi connectivity index (χ2v) is 4.45. The van der Waals surface area contributed by atoms with Crippen molar-refractivity contribution in [2.45, 2.75) is 12.5 Å². The molecule has 3 rings (SSSR count). The lowest BCUT2D eigenvalue weighted by Crippen LogP contribution is -2.49. The van der Waals surface area contributed by atoms with Crippen LogP contribution in [0.3, 0.4) is 0 Å². The van der Waals surface area contributed by atoms with Crippen molar-refractivity contribution in [2.75, 3.05) is 31.6 Å². The molecule has 1 unspecified atom stereocenters. The molecule has 17 heavy (non-hydrogen) atoms. The number of methoxy groups -OCH3 is 1. The van der Waals surface area contributed by atoms with E-state index in [2.05, 4.69) is 19.9 Å². The summed E-state index contributed by atoms with van der Waals surface area (Å²) in [6, 6.07) is 2.37. The van der Waals surface area contributed by atoms with Crippen LogP contribution in [0.25, 0.3) is 0 Å². The van der Waals surface area contributed by atoms with E-state index in [4.69, 9.17) is 0 Å². The number of hydrogen-bond donors (Lipinski definition) is 1. The first kappa shape index (κ1) is 10.5. The molecular formula is C12H15N3O2. The van der Waals surface area contributed by atoms with E-state index in [1.807, 2.05) is 6.07 Å². The number of piperazine rings is 1. The minimum atomic E-state index is -0.365. The van der Waals surface area contributed by atoms with Gasteiger partial charge >= 0.3 is 5.97 Å². The Labute approximate surface area is 99.8 Å². The second kappa shape index (κ2) is 4.00. The largest absolute Gasteiger partial charge is 0.464 e. The van der Waals surface area contributed by atoms with E-state index in [0.29, 0.717) is 11.7 Å². The Morgan fingerprint density at radius 2 is 2.53 bits per heavy atom. The summed E-state index contributed by atoms with van der Waals surface area (Å²) >= 11 is 0. The number of ether oxygens (including phenoxy) is 1. The van der Waals surface area contributed by atoms with Gasteiger partial charge in [0.2, 0.25) is 0 Å². The van der Waals surface area contributed by atoms with Crippen LogP contribution in [0, 0.1) is 0 Å². The summed E-state index contributed by atoms with van der Waals surface area (Å²) in [6.07, 6.45) is 2.78. The molecule has 5 heteroatoms. The number of nitrogens with zero attached hydrogens (tertiary/aromatic N) is 2. The van der Waals surface area contributed by atoms with Gasteiger partial charge in [0.05, 0.1) is 19.0 Å². The minimum Gasteiger partial charge on any atom is -0.464 e. The number of rotatable bonds is 1. The highest BCUT2D eigenvalue weighted by Crippen LogP contribution is 2.32. The molecule has 0 aromatic carbocycles. The Hall–Kier alpha value is -1.62. The number of carbonyl (C=O) groups is 1. The molecule has 2 aliphatic heterocycles. The molecule has 2 aliphatic rings. The normalized spacial score (nSPS) is 21.9. The van der Waals surface area contributed by atoms with Crippen LogP contribution in [0.2, 0.25) is 0 Å². The quantitative estimate of drug-likeness (QED) is 0.702. The second-order valence-electron chi connectivity index (χ2n) is 4.45. The third kappa shape index (κ3) is 1.67. The highest BCUT2D eigenvalue weighted by molar-refractivity contribution is 5.88. The average Bonchev–Trinajstić information content (AvgIpc) is 2.75. The van der Waals surface area contributed by atoms with Gasteiger partial charge in [0.1, 0.15) is 5.69 Å². The fourth-order valence-electron chi connectivity index (χ4n) is 2.64. The summed E-state index contributed by atoms with van der Waals surface area (Å²) in [6.45, 7) is 3.02. The molecule has 5 nitrogen and oxygen atoms in total. The van der Waals surface area contributed by atoms with E-state index in [-0.39, 0.29) is 5.97 Å². The van der Waals surface area contributed by atoms with Crippen LogP contribution >= 0.6 is 0 Å². The Morgan fingerprint density at radius 1 is 1.65 bits per heavy atom. The molecule has 1 aromatic heterocycles. The van der Waals surface area contributed by atoms with Crippen molar-refractivity contribution in [3.05, 3.63) is 23.5 Å². The first-order valence-corrected chi connectivity index (χ1v) is 5.84. The molecule has 0 amide bonds. The van der Waals surface area contributed by atoms with Crippen LogP contribution < -0.4 is 10.2 Å². The van der Waals surface area contributed by atoms with Gasteiger partial charge in [0.25, 0.3) is 0 Å². The summed E-state index contributed by atoms with van der Waals surface area (Å²) in [5.41, 5.74) is 2.78. The van der Waals surface area contributed by atoms with E-state index in [1.165, 1.54) is 18.4 Å². The fourth-order valence-corrected chi connectivity index (χ4v) is 2.64. The Morgan fingerprint density at radius 3 is 3.35 bits per heavy atom. The van der Waals surface area contributed by atoms with Crippen molar-refractivity contribution in [1.82, 2.24) is 10.3 Å². The van der Waals surface area contributed by atoms with E-state index >= 15 is 0 Å². The van der Waals surface area contributed by atoms with Crippen LogP contribution in [0.5, 0.6) is 0 Å². The number of anilines is 1. The van der Waals surface area contributed by atoms with Gasteiger partial charge in [-0.15, -0.1) is 0 Å². The third-order valence-corrected chi connectivity index (χ3v) is 3.48. The van der Waals surface area contributed by atoms with Gasteiger partial charge in [-0.1, -0.05) is 0 Å². The number of carbonyl (C=O) groups excluding carboxylic acids is 1. The molecule has 0 bridgehead atoms. The first-order valence-electron chi connectivity index (χ1n) is 5.84. The summed E-state index contributed by atoms with van der Waals surface area (Å²) in [5.74, 6) is -0.365. The van der Waals surface area contributed by atoms with Gasteiger partial charge in [0, 0.05) is 25.7 Å². The lowest BCUT2D eigenvalue weighted by molar-refractivity contribution is 0.0594. The van der Waals surface area contributed by atoms with E-state index in [1.54, 1.807) is 6.20 Å². The number of hydrogen-bond acceptors (Lipinski definition) is 5. The van der Waals surface area contributed by atoms with E-state index in [9.17, 15) is 4.79 Å².